The second-order valence-corrected chi connectivity index (χ2v) is 3.25. The van der Waals surface area contributed by atoms with Crippen LogP contribution in [0.1, 0.15) is 12.5 Å². The third-order valence-electron chi connectivity index (χ3n) is 2.22. The largest absolute Gasteiger partial charge is 0.310 e. The number of benzene rings is 1. The maximum atomic E-state index is 13.2. The molecule has 0 aliphatic heterocycles. The van der Waals surface area contributed by atoms with Crippen molar-refractivity contribution < 1.29 is 9.18 Å². The molecule has 0 aliphatic rings. The molecule has 0 radical (unpaired) electrons. The third-order valence-corrected chi connectivity index (χ3v) is 2.22. The summed E-state index contributed by atoms with van der Waals surface area (Å²) in [4.78, 5) is 11.1. The Balaban J connectivity index is 2.77. The number of nitrogens with one attached hydrogen (secondary N) is 1. The first kappa shape index (κ1) is 10.9. The van der Waals surface area contributed by atoms with Crippen molar-refractivity contribution in [3.63, 3.8) is 0 Å². The molecule has 0 saturated heterocycles. The van der Waals surface area contributed by atoms with E-state index >= 15 is 0 Å². The maximum Gasteiger partial charge on any atom is 0.147 e. The Kier molecular flexibility index (Phi) is 3.77. The summed E-state index contributed by atoms with van der Waals surface area (Å²) in [6.07, 6.45) is 0.401. The van der Waals surface area contributed by atoms with Crippen LogP contribution in [0.4, 0.5) is 4.39 Å². The van der Waals surface area contributed by atoms with E-state index in [-0.39, 0.29) is 17.6 Å². The lowest BCUT2D eigenvalue weighted by Crippen LogP contribution is -2.34. The van der Waals surface area contributed by atoms with E-state index in [4.69, 9.17) is 0 Å². The molecule has 0 aromatic heterocycles. The minimum atomic E-state index is -0.299. The zero-order valence-corrected chi connectivity index (χ0v) is 8.38. The first-order chi connectivity index (χ1) is 6.65. The fourth-order valence-corrected chi connectivity index (χ4v) is 1.33. The summed E-state index contributed by atoms with van der Waals surface area (Å²) in [5, 5.41) is 2.86. The number of Topliss-reactive ketones (excluding diaryl/α,β-unsaturated/α-hetero) is 1. The predicted molar refractivity (Wildman–Crippen MR) is 53.6 cm³/mol. The Bertz CT molecular complexity index is 325. The fourth-order valence-electron chi connectivity index (χ4n) is 1.33. The Labute approximate surface area is 83.1 Å². The van der Waals surface area contributed by atoms with Crippen LogP contribution >= 0.6 is 0 Å². The van der Waals surface area contributed by atoms with Gasteiger partial charge in [-0.1, -0.05) is 18.2 Å². The van der Waals surface area contributed by atoms with Crippen LogP contribution in [0.25, 0.3) is 0 Å². The molecule has 1 aromatic rings. The van der Waals surface area contributed by atoms with Gasteiger partial charge in [0, 0.05) is 0 Å². The molecule has 1 unspecified atom stereocenters. The summed E-state index contributed by atoms with van der Waals surface area (Å²) < 4.78 is 13.2. The van der Waals surface area contributed by atoms with Crippen molar-refractivity contribution >= 4 is 5.78 Å². The molecule has 1 rings (SSSR count). The molecule has 0 bridgehead atoms. The molecule has 0 spiro atoms. The molecule has 1 atom stereocenters. The fraction of sp³-hybridized carbons (Fsp3) is 0.364. The summed E-state index contributed by atoms with van der Waals surface area (Å²) in [6, 6.07) is 6.21. The molecule has 14 heavy (non-hydrogen) atoms. The highest BCUT2D eigenvalue weighted by atomic mass is 19.1. The van der Waals surface area contributed by atoms with E-state index in [9.17, 15) is 9.18 Å². The third kappa shape index (κ3) is 2.64. The number of ketones is 1. The highest BCUT2D eigenvalue weighted by Crippen LogP contribution is 2.09. The van der Waals surface area contributed by atoms with Crippen molar-refractivity contribution in [2.45, 2.75) is 19.4 Å². The van der Waals surface area contributed by atoms with Crippen LogP contribution in [0.5, 0.6) is 0 Å². The number of hydrogen-bond acceptors (Lipinski definition) is 2. The number of carbonyl (C=O) groups is 1. The second-order valence-electron chi connectivity index (χ2n) is 3.25. The van der Waals surface area contributed by atoms with Crippen LogP contribution in [0.2, 0.25) is 0 Å². The number of carbonyl (C=O) groups excluding carboxylic acids is 1. The summed E-state index contributed by atoms with van der Waals surface area (Å²) >= 11 is 0. The van der Waals surface area contributed by atoms with Gasteiger partial charge in [-0.25, -0.2) is 4.39 Å². The van der Waals surface area contributed by atoms with Crippen molar-refractivity contribution in [2.24, 2.45) is 0 Å². The molecule has 3 heteroatoms. The minimum absolute atomic E-state index is 0.0238. The molecule has 2 nitrogen and oxygen atoms in total. The summed E-state index contributed by atoms with van der Waals surface area (Å²) in [5.74, 6) is -0.232. The van der Waals surface area contributed by atoms with Crippen LogP contribution in [-0.4, -0.2) is 18.9 Å². The van der Waals surface area contributed by atoms with Gasteiger partial charge in [0.25, 0.3) is 0 Å². The highest BCUT2D eigenvalue weighted by molar-refractivity contribution is 5.81. The Morgan fingerprint density at radius 3 is 2.64 bits per heavy atom. The van der Waals surface area contributed by atoms with Crippen LogP contribution < -0.4 is 5.32 Å². The van der Waals surface area contributed by atoms with Crippen LogP contribution in [0, 0.1) is 5.82 Å². The first-order valence-corrected chi connectivity index (χ1v) is 4.56. The average Bonchev–Trinajstić information content (AvgIpc) is 2.16. The number of halogens is 1. The average molecular weight is 195 g/mol. The quantitative estimate of drug-likeness (QED) is 0.789. The van der Waals surface area contributed by atoms with E-state index in [0.717, 1.165) is 0 Å². The standard InChI is InChI=1S/C11H14FNO/c1-8(14)11(13-2)7-9-5-3-4-6-10(9)12/h3-6,11,13H,7H2,1-2H3. The zero-order chi connectivity index (χ0) is 10.6. The van der Waals surface area contributed by atoms with Gasteiger partial charge in [0.05, 0.1) is 6.04 Å². The molecule has 0 amide bonds. The van der Waals surface area contributed by atoms with Crippen molar-refractivity contribution in [3.8, 4) is 0 Å². The lowest BCUT2D eigenvalue weighted by molar-refractivity contribution is -0.118. The minimum Gasteiger partial charge on any atom is -0.310 e. The van der Waals surface area contributed by atoms with Crippen molar-refractivity contribution in [2.75, 3.05) is 7.05 Å². The summed E-state index contributed by atoms with van der Waals surface area (Å²) in [7, 11) is 1.70. The summed E-state index contributed by atoms with van der Waals surface area (Å²) in [6.45, 7) is 1.50. The second kappa shape index (κ2) is 4.86. The molecule has 0 saturated carbocycles. The number of likely N-dealkylation sites (N-methyl/N-ethyl adjacent to an activating group) is 1. The van der Waals surface area contributed by atoms with Gasteiger partial charge in [-0.05, 0) is 32.0 Å². The number of rotatable bonds is 4. The van der Waals surface area contributed by atoms with Crippen LogP contribution in [0.15, 0.2) is 24.3 Å². The maximum absolute atomic E-state index is 13.2. The monoisotopic (exact) mass is 195 g/mol. The molecule has 0 heterocycles. The molecule has 0 fully saturated rings. The smallest absolute Gasteiger partial charge is 0.147 e. The Hall–Kier alpha value is -1.22. The molecular formula is C11H14FNO. The van der Waals surface area contributed by atoms with Crippen LogP contribution in [-0.2, 0) is 11.2 Å². The van der Waals surface area contributed by atoms with E-state index in [1.54, 1.807) is 25.2 Å². The van der Waals surface area contributed by atoms with Crippen molar-refractivity contribution in [1.82, 2.24) is 5.32 Å². The van der Waals surface area contributed by atoms with Gasteiger partial charge in [0.15, 0.2) is 0 Å². The molecule has 1 aromatic carbocycles. The summed E-state index contributed by atoms with van der Waals surface area (Å²) in [5.41, 5.74) is 0.571. The SMILES string of the molecule is CNC(Cc1ccccc1F)C(C)=O. The van der Waals surface area contributed by atoms with Gasteiger partial charge in [-0.15, -0.1) is 0 Å². The van der Waals surface area contributed by atoms with Gasteiger partial charge in [0.2, 0.25) is 0 Å². The molecule has 0 aliphatic carbocycles. The predicted octanol–water partition coefficient (Wildman–Crippen LogP) is 1.55. The van der Waals surface area contributed by atoms with E-state index in [2.05, 4.69) is 5.32 Å². The van der Waals surface area contributed by atoms with Gasteiger partial charge < -0.3 is 5.32 Å². The molecule has 76 valence electrons. The van der Waals surface area contributed by atoms with Crippen LogP contribution in [0.3, 0.4) is 0 Å². The highest BCUT2D eigenvalue weighted by Gasteiger charge is 2.13. The Morgan fingerprint density at radius 1 is 1.50 bits per heavy atom. The Morgan fingerprint density at radius 2 is 2.14 bits per heavy atom. The van der Waals surface area contributed by atoms with E-state index < -0.39 is 0 Å². The normalized spacial score (nSPS) is 12.5. The lowest BCUT2D eigenvalue weighted by Gasteiger charge is -2.12. The van der Waals surface area contributed by atoms with Gasteiger partial charge in [-0.3, -0.25) is 4.79 Å². The van der Waals surface area contributed by atoms with E-state index in [1.807, 2.05) is 0 Å². The first-order valence-electron chi connectivity index (χ1n) is 4.56. The lowest BCUT2D eigenvalue weighted by atomic mass is 10.0. The topological polar surface area (TPSA) is 29.1 Å². The van der Waals surface area contributed by atoms with E-state index in [1.165, 1.54) is 13.0 Å². The van der Waals surface area contributed by atoms with Crippen molar-refractivity contribution in [3.05, 3.63) is 35.6 Å². The van der Waals surface area contributed by atoms with Crippen molar-refractivity contribution in [1.29, 1.82) is 0 Å². The van der Waals surface area contributed by atoms with Gasteiger partial charge in [-0.2, -0.15) is 0 Å². The zero-order valence-electron chi connectivity index (χ0n) is 8.38. The van der Waals surface area contributed by atoms with Gasteiger partial charge >= 0.3 is 0 Å². The molecular weight excluding hydrogens is 181 g/mol. The van der Waals surface area contributed by atoms with E-state index in [0.29, 0.717) is 12.0 Å². The number of hydrogen-bond donors (Lipinski definition) is 1. The van der Waals surface area contributed by atoms with Gasteiger partial charge in [0.1, 0.15) is 11.6 Å². The molecule has 1 N–H and O–H groups in total.